The van der Waals surface area contributed by atoms with Crippen molar-refractivity contribution in [3.8, 4) is 0 Å². The number of hydrogen-bond acceptors (Lipinski definition) is 2. The smallest absolute Gasteiger partial charge is 0.326 e. The number of carboxylic acid groups (broad SMARTS) is 1. The molecule has 0 radical (unpaired) electrons. The van der Waals surface area contributed by atoms with Gasteiger partial charge >= 0.3 is 5.97 Å². The summed E-state index contributed by atoms with van der Waals surface area (Å²) in [6.07, 6.45) is 7.45. The van der Waals surface area contributed by atoms with Crippen molar-refractivity contribution < 1.29 is 14.7 Å². The summed E-state index contributed by atoms with van der Waals surface area (Å²) in [5.74, 6) is -0.535. The molecule has 2 N–H and O–H groups in total. The van der Waals surface area contributed by atoms with E-state index in [-0.39, 0.29) is 11.8 Å². The fourth-order valence-corrected chi connectivity index (χ4v) is 3.09. The first-order valence-electron chi connectivity index (χ1n) is 6.20. The highest BCUT2D eigenvalue weighted by molar-refractivity contribution is 5.88. The zero-order chi connectivity index (χ0) is 11.5. The predicted molar refractivity (Wildman–Crippen MR) is 58.9 cm³/mol. The van der Waals surface area contributed by atoms with Crippen LogP contribution in [-0.2, 0) is 9.59 Å². The van der Waals surface area contributed by atoms with E-state index in [9.17, 15) is 9.59 Å². The van der Waals surface area contributed by atoms with Crippen molar-refractivity contribution in [2.45, 2.75) is 51.0 Å². The number of hydrogen-bond donors (Lipinski definition) is 2. The second kappa shape index (κ2) is 4.85. The second-order valence-corrected chi connectivity index (χ2v) is 5.00. The minimum absolute atomic E-state index is 0.0168. The lowest BCUT2D eigenvalue weighted by Crippen LogP contribution is -2.39. The average Bonchev–Trinajstić information content (AvgIpc) is 2.49. The molecule has 1 saturated heterocycles. The van der Waals surface area contributed by atoms with Gasteiger partial charge in [0.25, 0.3) is 0 Å². The summed E-state index contributed by atoms with van der Waals surface area (Å²) >= 11 is 0. The third-order valence-corrected chi connectivity index (χ3v) is 3.94. The molecule has 2 atom stereocenters. The molecule has 0 aromatic heterocycles. The molecule has 2 rings (SSSR count). The van der Waals surface area contributed by atoms with Crippen LogP contribution in [0.15, 0.2) is 0 Å². The maximum atomic E-state index is 11.3. The molecule has 0 bridgehead atoms. The highest BCUT2D eigenvalue weighted by Crippen LogP contribution is 2.35. The lowest BCUT2D eigenvalue weighted by atomic mass is 9.81. The fraction of sp³-hybridized carbons (Fsp3) is 0.833. The van der Waals surface area contributed by atoms with Gasteiger partial charge in [-0.05, 0) is 5.92 Å². The summed E-state index contributed by atoms with van der Waals surface area (Å²) in [5, 5.41) is 11.7. The highest BCUT2D eigenvalue weighted by atomic mass is 16.4. The lowest BCUT2D eigenvalue weighted by molar-refractivity contribution is -0.141. The number of nitrogens with one attached hydrogen (secondary N) is 1. The predicted octanol–water partition coefficient (Wildman–Crippen LogP) is 1.55. The molecular weight excluding hydrogens is 206 g/mol. The Hall–Kier alpha value is -1.06. The van der Waals surface area contributed by atoms with E-state index in [0.717, 1.165) is 12.8 Å². The Morgan fingerprint density at radius 1 is 1.19 bits per heavy atom. The van der Waals surface area contributed by atoms with Crippen LogP contribution in [0.3, 0.4) is 0 Å². The third kappa shape index (κ3) is 2.36. The maximum absolute atomic E-state index is 11.3. The first-order valence-corrected chi connectivity index (χ1v) is 6.20. The zero-order valence-electron chi connectivity index (χ0n) is 9.45. The van der Waals surface area contributed by atoms with Gasteiger partial charge in [-0.3, -0.25) is 4.79 Å². The molecular formula is C12H19NO3. The number of carbonyl (C=O) groups excluding carboxylic acids is 1. The van der Waals surface area contributed by atoms with Crippen LogP contribution in [0.5, 0.6) is 0 Å². The summed E-state index contributed by atoms with van der Waals surface area (Å²) in [5.41, 5.74) is 0. The largest absolute Gasteiger partial charge is 0.480 e. The fourth-order valence-electron chi connectivity index (χ4n) is 3.09. The van der Waals surface area contributed by atoms with E-state index < -0.39 is 12.0 Å². The molecule has 2 unspecified atom stereocenters. The Kier molecular flexibility index (Phi) is 3.46. The van der Waals surface area contributed by atoms with Crippen molar-refractivity contribution in [3.05, 3.63) is 0 Å². The summed E-state index contributed by atoms with van der Waals surface area (Å²) < 4.78 is 0. The lowest BCUT2D eigenvalue weighted by Gasteiger charge is -2.24. The van der Waals surface area contributed by atoms with Crippen LogP contribution in [-0.4, -0.2) is 23.0 Å². The first kappa shape index (κ1) is 11.4. The van der Waals surface area contributed by atoms with Gasteiger partial charge in [0, 0.05) is 12.3 Å². The average molecular weight is 225 g/mol. The Morgan fingerprint density at radius 2 is 1.81 bits per heavy atom. The van der Waals surface area contributed by atoms with Crippen LogP contribution in [0.25, 0.3) is 0 Å². The Labute approximate surface area is 95.4 Å². The van der Waals surface area contributed by atoms with Gasteiger partial charge in [0.1, 0.15) is 6.04 Å². The number of amides is 1. The summed E-state index contributed by atoms with van der Waals surface area (Å²) in [4.78, 5) is 22.4. The monoisotopic (exact) mass is 225 g/mol. The van der Waals surface area contributed by atoms with Crippen LogP contribution in [0.2, 0.25) is 0 Å². The van der Waals surface area contributed by atoms with Gasteiger partial charge in [-0.25, -0.2) is 4.79 Å². The molecule has 0 spiro atoms. The van der Waals surface area contributed by atoms with Crippen LogP contribution in [0.1, 0.15) is 44.9 Å². The van der Waals surface area contributed by atoms with Crippen molar-refractivity contribution in [3.63, 3.8) is 0 Å². The molecule has 1 aliphatic carbocycles. The van der Waals surface area contributed by atoms with E-state index in [4.69, 9.17) is 5.11 Å². The molecule has 0 aromatic rings. The molecule has 2 fully saturated rings. The van der Waals surface area contributed by atoms with Crippen LogP contribution in [0, 0.1) is 11.8 Å². The van der Waals surface area contributed by atoms with Crippen LogP contribution < -0.4 is 5.32 Å². The van der Waals surface area contributed by atoms with Crippen molar-refractivity contribution in [2.75, 3.05) is 0 Å². The summed E-state index contributed by atoms with van der Waals surface area (Å²) in [7, 11) is 0. The maximum Gasteiger partial charge on any atom is 0.326 e. The van der Waals surface area contributed by atoms with Crippen molar-refractivity contribution in [1.82, 2.24) is 5.32 Å². The van der Waals surface area contributed by atoms with Gasteiger partial charge in [-0.15, -0.1) is 0 Å². The van der Waals surface area contributed by atoms with E-state index in [2.05, 4.69) is 5.32 Å². The minimum atomic E-state index is -0.875. The SMILES string of the molecule is O=C1CC(C2CCCCCC2)C(C(=O)O)N1. The van der Waals surface area contributed by atoms with Crippen molar-refractivity contribution in [1.29, 1.82) is 0 Å². The standard InChI is InChI=1S/C12H19NO3/c14-10-7-9(11(13-10)12(15)16)8-5-3-1-2-4-6-8/h8-9,11H,1-7H2,(H,13,14)(H,15,16). The van der Waals surface area contributed by atoms with E-state index in [0.29, 0.717) is 12.3 Å². The molecule has 90 valence electrons. The molecule has 1 amide bonds. The van der Waals surface area contributed by atoms with Gasteiger partial charge in [-0.1, -0.05) is 38.5 Å². The summed E-state index contributed by atoms with van der Waals surface area (Å²) in [6.45, 7) is 0. The molecule has 16 heavy (non-hydrogen) atoms. The normalized spacial score (nSPS) is 32.1. The van der Waals surface area contributed by atoms with Crippen LogP contribution in [0.4, 0.5) is 0 Å². The highest BCUT2D eigenvalue weighted by Gasteiger charge is 2.41. The number of carboxylic acids is 1. The zero-order valence-corrected chi connectivity index (χ0v) is 9.45. The molecule has 1 saturated carbocycles. The van der Waals surface area contributed by atoms with Crippen molar-refractivity contribution in [2.24, 2.45) is 11.8 Å². The molecule has 2 aliphatic rings. The van der Waals surface area contributed by atoms with Gasteiger partial charge in [0.05, 0.1) is 0 Å². The number of aliphatic carboxylic acids is 1. The van der Waals surface area contributed by atoms with E-state index in [1.807, 2.05) is 0 Å². The Balaban J connectivity index is 2.05. The van der Waals surface area contributed by atoms with E-state index >= 15 is 0 Å². The van der Waals surface area contributed by atoms with Gasteiger partial charge < -0.3 is 10.4 Å². The summed E-state index contributed by atoms with van der Waals surface area (Å²) in [6, 6.07) is -0.643. The van der Waals surface area contributed by atoms with E-state index in [1.165, 1.54) is 25.7 Å². The molecule has 4 nitrogen and oxygen atoms in total. The number of carbonyl (C=O) groups is 2. The second-order valence-electron chi connectivity index (χ2n) is 5.00. The van der Waals surface area contributed by atoms with Crippen LogP contribution >= 0.6 is 0 Å². The van der Waals surface area contributed by atoms with Gasteiger partial charge in [0.15, 0.2) is 0 Å². The third-order valence-electron chi connectivity index (χ3n) is 3.94. The Bertz CT molecular complexity index is 282. The van der Waals surface area contributed by atoms with Crippen molar-refractivity contribution >= 4 is 11.9 Å². The Morgan fingerprint density at radius 3 is 2.38 bits per heavy atom. The molecule has 1 heterocycles. The number of rotatable bonds is 2. The topological polar surface area (TPSA) is 66.4 Å². The quantitative estimate of drug-likeness (QED) is 0.701. The minimum Gasteiger partial charge on any atom is -0.480 e. The first-order chi connectivity index (χ1) is 7.68. The van der Waals surface area contributed by atoms with Gasteiger partial charge in [-0.2, -0.15) is 0 Å². The van der Waals surface area contributed by atoms with Gasteiger partial charge in [0.2, 0.25) is 5.91 Å². The molecule has 1 aliphatic heterocycles. The van der Waals surface area contributed by atoms with E-state index in [1.54, 1.807) is 0 Å². The molecule has 0 aromatic carbocycles. The molecule has 4 heteroatoms.